The van der Waals surface area contributed by atoms with Gasteiger partial charge >= 0.3 is 0 Å². The fraction of sp³-hybridized carbons (Fsp3) is 1.00. The summed E-state index contributed by atoms with van der Waals surface area (Å²) in [4.78, 5) is 2.66. The van der Waals surface area contributed by atoms with Crippen molar-refractivity contribution in [2.45, 2.75) is 64.5 Å². The Hall–Kier alpha value is -0.0800. The number of nitrogens with two attached hydrogens (primary N) is 1. The molecule has 2 N–H and O–H groups in total. The van der Waals surface area contributed by atoms with E-state index in [1.807, 2.05) is 0 Å². The van der Waals surface area contributed by atoms with Crippen LogP contribution < -0.4 is 5.73 Å². The van der Waals surface area contributed by atoms with Gasteiger partial charge in [0.25, 0.3) is 0 Å². The molecule has 1 aliphatic carbocycles. The van der Waals surface area contributed by atoms with Crippen molar-refractivity contribution in [2.24, 2.45) is 5.73 Å². The lowest BCUT2D eigenvalue weighted by Gasteiger charge is -2.30. The van der Waals surface area contributed by atoms with Crippen LogP contribution in [0.25, 0.3) is 0 Å². The third-order valence-electron chi connectivity index (χ3n) is 3.13. The van der Waals surface area contributed by atoms with Crippen molar-refractivity contribution in [1.82, 2.24) is 4.90 Å². The minimum Gasteiger partial charge on any atom is -0.329 e. The molecule has 0 radical (unpaired) electrons. The Bertz CT molecular complexity index is 143. The molecule has 1 fully saturated rings. The molecule has 1 atom stereocenters. The minimum atomic E-state index is 0.655. The zero-order chi connectivity index (χ0) is 10.4. The van der Waals surface area contributed by atoms with Gasteiger partial charge in [-0.15, -0.1) is 0 Å². The van der Waals surface area contributed by atoms with Gasteiger partial charge in [-0.3, -0.25) is 4.90 Å². The molecule has 1 rings (SSSR count). The first-order chi connectivity index (χ1) is 6.83. The van der Waals surface area contributed by atoms with Gasteiger partial charge in [-0.2, -0.15) is 0 Å². The van der Waals surface area contributed by atoms with Gasteiger partial charge in [0.2, 0.25) is 0 Å². The fourth-order valence-electron chi connectivity index (χ4n) is 2.19. The van der Waals surface area contributed by atoms with E-state index in [-0.39, 0.29) is 0 Å². The quantitative estimate of drug-likeness (QED) is 0.649. The highest BCUT2D eigenvalue weighted by Crippen LogP contribution is 2.29. The molecule has 2 heteroatoms. The van der Waals surface area contributed by atoms with E-state index >= 15 is 0 Å². The van der Waals surface area contributed by atoms with Crippen molar-refractivity contribution >= 4 is 0 Å². The maximum absolute atomic E-state index is 5.87. The summed E-state index contributed by atoms with van der Waals surface area (Å²) in [5.74, 6) is 0. The first-order valence-corrected chi connectivity index (χ1v) is 6.29. The summed E-state index contributed by atoms with van der Waals surface area (Å²) in [7, 11) is 0. The predicted molar refractivity (Wildman–Crippen MR) is 62.4 cm³/mol. The van der Waals surface area contributed by atoms with Crippen LogP contribution in [0.4, 0.5) is 0 Å². The van der Waals surface area contributed by atoms with E-state index in [2.05, 4.69) is 18.7 Å². The highest BCUT2D eigenvalue weighted by molar-refractivity contribution is 4.88. The lowest BCUT2D eigenvalue weighted by Crippen LogP contribution is -2.42. The third-order valence-corrected chi connectivity index (χ3v) is 3.13. The predicted octanol–water partition coefficient (Wildman–Crippen LogP) is 2.38. The standard InChI is InChI=1S/C12H26N2/c1-3-5-6-12(10-13)14(9-4-2)11-7-8-11/h11-12H,3-10,13H2,1-2H3. The van der Waals surface area contributed by atoms with Crippen molar-refractivity contribution in [3.8, 4) is 0 Å². The van der Waals surface area contributed by atoms with Crippen LogP contribution in [-0.2, 0) is 0 Å². The monoisotopic (exact) mass is 198 g/mol. The van der Waals surface area contributed by atoms with E-state index in [1.54, 1.807) is 0 Å². The molecule has 0 spiro atoms. The van der Waals surface area contributed by atoms with Gasteiger partial charge in [0.15, 0.2) is 0 Å². The van der Waals surface area contributed by atoms with Crippen LogP contribution in [0, 0.1) is 0 Å². The van der Waals surface area contributed by atoms with E-state index in [1.165, 1.54) is 45.1 Å². The Labute approximate surface area is 88.8 Å². The lowest BCUT2D eigenvalue weighted by atomic mass is 10.1. The number of unbranched alkanes of at least 4 members (excludes halogenated alkanes) is 1. The van der Waals surface area contributed by atoms with Crippen molar-refractivity contribution in [1.29, 1.82) is 0 Å². The average Bonchev–Trinajstić information content (AvgIpc) is 3.00. The number of hydrogen-bond acceptors (Lipinski definition) is 2. The maximum atomic E-state index is 5.87. The zero-order valence-electron chi connectivity index (χ0n) is 9.84. The molecule has 0 saturated heterocycles. The molecular formula is C12H26N2. The second-order valence-corrected chi connectivity index (χ2v) is 4.50. The van der Waals surface area contributed by atoms with E-state index in [4.69, 9.17) is 5.73 Å². The Morgan fingerprint density at radius 3 is 2.43 bits per heavy atom. The van der Waals surface area contributed by atoms with Crippen LogP contribution in [0.15, 0.2) is 0 Å². The minimum absolute atomic E-state index is 0.655. The van der Waals surface area contributed by atoms with Crippen LogP contribution in [0.3, 0.4) is 0 Å². The molecule has 2 nitrogen and oxygen atoms in total. The van der Waals surface area contributed by atoms with Crippen molar-refractivity contribution in [3.63, 3.8) is 0 Å². The van der Waals surface area contributed by atoms with Gasteiger partial charge in [0.05, 0.1) is 0 Å². The van der Waals surface area contributed by atoms with Gasteiger partial charge < -0.3 is 5.73 Å². The molecule has 1 aliphatic rings. The van der Waals surface area contributed by atoms with Crippen molar-refractivity contribution in [2.75, 3.05) is 13.1 Å². The molecule has 84 valence electrons. The van der Waals surface area contributed by atoms with Crippen LogP contribution in [-0.4, -0.2) is 30.1 Å². The molecule has 0 aromatic carbocycles. The Kier molecular flexibility index (Phi) is 5.49. The zero-order valence-corrected chi connectivity index (χ0v) is 9.84. The van der Waals surface area contributed by atoms with Gasteiger partial charge in [0, 0.05) is 18.6 Å². The molecule has 0 heterocycles. The topological polar surface area (TPSA) is 29.3 Å². The molecule has 0 aliphatic heterocycles. The van der Waals surface area contributed by atoms with Gasteiger partial charge in [-0.1, -0.05) is 26.7 Å². The van der Waals surface area contributed by atoms with E-state index < -0.39 is 0 Å². The van der Waals surface area contributed by atoms with E-state index in [9.17, 15) is 0 Å². The molecule has 0 amide bonds. The first-order valence-electron chi connectivity index (χ1n) is 6.29. The first kappa shape index (κ1) is 12.0. The molecule has 1 unspecified atom stereocenters. The average molecular weight is 198 g/mol. The summed E-state index contributed by atoms with van der Waals surface area (Å²) in [6, 6.07) is 1.53. The highest BCUT2D eigenvalue weighted by atomic mass is 15.2. The van der Waals surface area contributed by atoms with E-state index in [0.29, 0.717) is 6.04 Å². The van der Waals surface area contributed by atoms with Gasteiger partial charge in [0.1, 0.15) is 0 Å². The second-order valence-electron chi connectivity index (χ2n) is 4.50. The summed E-state index contributed by atoms with van der Waals surface area (Å²) in [6.45, 7) is 6.62. The molecule has 1 saturated carbocycles. The SMILES string of the molecule is CCCCC(CN)N(CCC)C1CC1. The normalized spacial score (nSPS) is 18.9. The largest absolute Gasteiger partial charge is 0.329 e. The summed E-state index contributed by atoms with van der Waals surface area (Å²) in [5.41, 5.74) is 5.87. The Morgan fingerprint density at radius 1 is 1.29 bits per heavy atom. The number of hydrogen-bond donors (Lipinski definition) is 1. The van der Waals surface area contributed by atoms with E-state index in [0.717, 1.165) is 12.6 Å². The molecule has 0 aromatic heterocycles. The van der Waals surface area contributed by atoms with Crippen LogP contribution in [0.1, 0.15) is 52.4 Å². The van der Waals surface area contributed by atoms with Crippen LogP contribution in [0.5, 0.6) is 0 Å². The van der Waals surface area contributed by atoms with Gasteiger partial charge in [-0.05, 0) is 32.2 Å². The number of rotatable bonds is 8. The maximum Gasteiger partial charge on any atom is 0.0221 e. The molecule has 0 bridgehead atoms. The lowest BCUT2D eigenvalue weighted by molar-refractivity contribution is 0.178. The summed E-state index contributed by atoms with van der Waals surface area (Å²) < 4.78 is 0. The van der Waals surface area contributed by atoms with Gasteiger partial charge in [-0.25, -0.2) is 0 Å². The fourth-order valence-corrected chi connectivity index (χ4v) is 2.19. The summed E-state index contributed by atoms with van der Waals surface area (Å²) >= 11 is 0. The smallest absolute Gasteiger partial charge is 0.0221 e. The highest BCUT2D eigenvalue weighted by Gasteiger charge is 2.32. The summed E-state index contributed by atoms with van der Waals surface area (Å²) in [5, 5.41) is 0. The van der Waals surface area contributed by atoms with Crippen molar-refractivity contribution in [3.05, 3.63) is 0 Å². The third kappa shape index (κ3) is 3.58. The second kappa shape index (κ2) is 6.41. The number of nitrogens with zero attached hydrogens (tertiary/aromatic N) is 1. The molecule has 14 heavy (non-hydrogen) atoms. The molecular weight excluding hydrogens is 172 g/mol. The van der Waals surface area contributed by atoms with Crippen LogP contribution in [0.2, 0.25) is 0 Å². The Balaban J connectivity index is 2.35. The van der Waals surface area contributed by atoms with Crippen LogP contribution >= 0.6 is 0 Å². The Morgan fingerprint density at radius 2 is 2.00 bits per heavy atom. The van der Waals surface area contributed by atoms with Crippen molar-refractivity contribution < 1.29 is 0 Å². The molecule has 0 aromatic rings. The summed E-state index contributed by atoms with van der Waals surface area (Å²) in [6.07, 6.45) is 7.99.